The Morgan fingerprint density at radius 3 is 2.92 bits per heavy atom. The monoisotopic (exact) mass is 201 g/mol. The van der Waals surface area contributed by atoms with Crippen molar-refractivity contribution in [1.82, 2.24) is 5.32 Å². The lowest BCUT2D eigenvalue weighted by molar-refractivity contribution is 0.276. The minimum atomic E-state index is 0.964. The summed E-state index contributed by atoms with van der Waals surface area (Å²) in [7, 11) is 0. The predicted octanol–water partition coefficient (Wildman–Crippen LogP) is 2.77. The third kappa shape index (κ3) is 4.92. The van der Waals surface area contributed by atoms with Crippen LogP contribution in [-0.4, -0.2) is 25.1 Å². The Bertz CT molecular complexity index is 127. The lowest BCUT2D eigenvalue weighted by Gasteiger charge is -2.26. The highest BCUT2D eigenvalue weighted by molar-refractivity contribution is 7.98. The summed E-state index contributed by atoms with van der Waals surface area (Å²) >= 11 is 1.93. The van der Waals surface area contributed by atoms with Gasteiger partial charge in [0.2, 0.25) is 0 Å². The molecule has 1 N–H and O–H groups in total. The van der Waals surface area contributed by atoms with Gasteiger partial charge >= 0.3 is 0 Å². The van der Waals surface area contributed by atoms with E-state index in [1.807, 2.05) is 11.8 Å². The Kier molecular flexibility index (Phi) is 5.88. The lowest BCUT2D eigenvalue weighted by atomic mass is 9.82. The van der Waals surface area contributed by atoms with Crippen LogP contribution >= 0.6 is 11.8 Å². The van der Waals surface area contributed by atoms with E-state index < -0.39 is 0 Å². The van der Waals surface area contributed by atoms with Crippen molar-refractivity contribution >= 4 is 11.8 Å². The van der Waals surface area contributed by atoms with Gasteiger partial charge in [0.25, 0.3) is 0 Å². The first-order chi connectivity index (χ1) is 6.33. The summed E-state index contributed by atoms with van der Waals surface area (Å²) in [6.45, 7) is 4.84. The molecular weight excluding hydrogens is 178 g/mol. The van der Waals surface area contributed by atoms with E-state index in [2.05, 4.69) is 18.5 Å². The second kappa shape index (κ2) is 6.72. The molecule has 0 amide bonds. The molecule has 13 heavy (non-hydrogen) atoms. The van der Waals surface area contributed by atoms with Crippen molar-refractivity contribution in [3.8, 4) is 0 Å². The molecule has 2 unspecified atom stereocenters. The van der Waals surface area contributed by atoms with Crippen LogP contribution in [0.15, 0.2) is 0 Å². The number of rotatable bonds is 5. The van der Waals surface area contributed by atoms with Gasteiger partial charge in [0.15, 0.2) is 0 Å². The highest BCUT2D eigenvalue weighted by Crippen LogP contribution is 2.27. The second-order valence-corrected chi connectivity index (χ2v) is 5.32. The first kappa shape index (κ1) is 11.4. The second-order valence-electron chi connectivity index (χ2n) is 4.33. The van der Waals surface area contributed by atoms with Crippen molar-refractivity contribution in [2.24, 2.45) is 11.8 Å². The van der Waals surface area contributed by atoms with Gasteiger partial charge in [-0.15, -0.1) is 0 Å². The van der Waals surface area contributed by atoms with Gasteiger partial charge in [0, 0.05) is 12.3 Å². The van der Waals surface area contributed by atoms with E-state index >= 15 is 0 Å². The summed E-state index contributed by atoms with van der Waals surface area (Å²) < 4.78 is 0. The molecule has 1 fully saturated rings. The third-order valence-electron chi connectivity index (χ3n) is 2.96. The normalized spacial score (nSPS) is 29.1. The fraction of sp³-hybridized carbons (Fsp3) is 1.00. The quantitative estimate of drug-likeness (QED) is 0.687. The van der Waals surface area contributed by atoms with Crippen molar-refractivity contribution in [2.45, 2.75) is 32.6 Å². The first-order valence-electron chi connectivity index (χ1n) is 5.52. The Morgan fingerprint density at radius 1 is 1.38 bits per heavy atom. The van der Waals surface area contributed by atoms with Crippen molar-refractivity contribution in [3.63, 3.8) is 0 Å². The van der Waals surface area contributed by atoms with Crippen LogP contribution in [0.2, 0.25) is 0 Å². The number of thioether (sulfide) groups is 1. The molecule has 1 saturated carbocycles. The van der Waals surface area contributed by atoms with Crippen LogP contribution in [0.4, 0.5) is 0 Å². The summed E-state index contributed by atoms with van der Waals surface area (Å²) in [5, 5.41) is 3.56. The molecule has 0 saturated heterocycles. The van der Waals surface area contributed by atoms with E-state index in [0.29, 0.717) is 0 Å². The van der Waals surface area contributed by atoms with Crippen LogP contribution in [0.5, 0.6) is 0 Å². The SMILES string of the molecule is CSCCNCC1CCCC(C)C1. The molecule has 0 aromatic rings. The van der Waals surface area contributed by atoms with Crippen LogP contribution in [-0.2, 0) is 0 Å². The average Bonchev–Trinajstić information content (AvgIpc) is 2.13. The summed E-state index contributed by atoms with van der Waals surface area (Å²) in [5.74, 6) is 3.19. The molecule has 0 aromatic heterocycles. The largest absolute Gasteiger partial charge is 0.316 e. The highest BCUT2D eigenvalue weighted by Gasteiger charge is 2.17. The average molecular weight is 201 g/mol. The molecule has 0 radical (unpaired) electrons. The van der Waals surface area contributed by atoms with Crippen molar-refractivity contribution in [3.05, 3.63) is 0 Å². The van der Waals surface area contributed by atoms with E-state index in [0.717, 1.165) is 11.8 Å². The van der Waals surface area contributed by atoms with Gasteiger partial charge in [0.1, 0.15) is 0 Å². The minimum Gasteiger partial charge on any atom is -0.316 e. The summed E-state index contributed by atoms with van der Waals surface area (Å²) in [4.78, 5) is 0. The predicted molar refractivity (Wildman–Crippen MR) is 62.4 cm³/mol. The zero-order chi connectivity index (χ0) is 9.52. The van der Waals surface area contributed by atoms with Crippen LogP contribution in [0.3, 0.4) is 0 Å². The molecule has 1 nitrogen and oxygen atoms in total. The molecule has 78 valence electrons. The van der Waals surface area contributed by atoms with E-state index in [1.54, 1.807) is 0 Å². The Balaban J connectivity index is 2.00. The molecule has 1 aliphatic carbocycles. The van der Waals surface area contributed by atoms with Gasteiger partial charge in [-0.3, -0.25) is 0 Å². The van der Waals surface area contributed by atoms with Gasteiger partial charge in [-0.2, -0.15) is 11.8 Å². The summed E-state index contributed by atoms with van der Waals surface area (Å²) in [6, 6.07) is 0. The lowest BCUT2D eigenvalue weighted by Crippen LogP contribution is -2.28. The highest BCUT2D eigenvalue weighted by atomic mass is 32.2. The number of hydrogen-bond donors (Lipinski definition) is 1. The van der Waals surface area contributed by atoms with Gasteiger partial charge in [-0.1, -0.05) is 19.8 Å². The Morgan fingerprint density at radius 2 is 2.23 bits per heavy atom. The molecule has 0 bridgehead atoms. The fourth-order valence-electron chi connectivity index (χ4n) is 2.23. The van der Waals surface area contributed by atoms with Crippen molar-refractivity contribution < 1.29 is 0 Å². The Hall–Kier alpha value is 0.310. The van der Waals surface area contributed by atoms with Crippen LogP contribution in [0.25, 0.3) is 0 Å². The molecule has 0 heterocycles. The topological polar surface area (TPSA) is 12.0 Å². The van der Waals surface area contributed by atoms with E-state index in [-0.39, 0.29) is 0 Å². The summed E-state index contributed by atoms with van der Waals surface area (Å²) in [6.07, 6.45) is 7.99. The van der Waals surface area contributed by atoms with Gasteiger partial charge in [0.05, 0.1) is 0 Å². The maximum atomic E-state index is 3.56. The van der Waals surface area contributed by atoms with Crippen LogP contribution in [0.1, 0.15) is 32.6 Å². The smallest absolute Gasteiger partial charge is 0.00553 e. The number of hydrogen-bond acceptors (Lipinski definition) is 2. The van der Waals surface area contributed by atoms with E-state index in [1.165, 1.54) is 44.5 Å². The molecular formula is C11H23NS. The molecule has 0 aliphatic heterocycles. The molecule has 2 heteroatoms. The molecule has 0 spiro atoms. The third-order valence-corrected chi connectivity index (χ3v) is 3.57. The van der Waals surface area contributed by atoms with Crippen molar-refractivity contribution in [1.29, 1.82) is 0 Å². The minimum absolute atomic E-state index is 0.964. The molecule has 0 aromatic carbocycles. The first-order valence-corrected chi connectivity index (χ1v) is 6.92. The van der Waals surface area contributed by atoms with Crippen molar-refractivity contribution in [2.75, 3.05) is 25.1 Å². The Labute approximate surface area is 87.1 Å². The number of nitrogens with one attached hydrogen (secondary N) is 1. The van der Waals surface area contributed by atoms with Crippen LogP contribution in [0, 0.1) is 11.8 Å². The van der Waals surface area contributed by atoms with Gasteiger partial charge in [-0.25, -0.2) is 0 Å². The van der Waals surface area contributed by atoms with E-state index in [9.17, 15) is 0 Å². The van der Waals surface area contributed by atoms with Gasteiger partial charge in [-0.05, 0) is 37.5 Å². The molecule has 1 rings (SSSR count). The maximum absolute atomic E-state index is 3.56. The summed E-state index contributed by atoms with van der Waals surface area (Å²) in [5.41, 5.74) is 0. The van der Waals surface area contributed by atoms with E-state index in [4.69, 9.17) is 0 Å². The van der Waals surface area contributed by atoms with Gasteiger partial charge < -0.3 is 5.32 Å². The maximum Gasteiger partial charge on any atom is 0.00553 e. The fourth-order valence-corrected chi connectivity index (χ4v) is 2.57. The zero-order valence-corrected chi connectivity index (χ0v) is 9.83. The van der Waals surface area contributed by atoms with Crippen LogP contribution < -0.4 is 5.32 Å². The molecule has 2 atom stereocenters. The standard InChI is InChI=1S/C11H23NS/c1-10-4-3-5-11(8-10)9-12-6-7-13-2/h10-12H,3-9H2,1-2H3. The zero-order valence-electron chi connectivity index (χ0n) is 9.01. The molecule has 1 aliphatic rings.